The maximum absolute atomic E-state index is 14.7. The summed E-state index contributed by atoms with van der Waals surface area (Å²) >= 11 is 6.18. The zero-order valence-corrected chi connectivity index (χ0v) is 21.5. The van der Waals surface area contributed by atoms with E-state index in [1.807, 2.05) is 48.7 Å². The summed E-state index contributed by atoms with van der Waals surface area (Å²) in [4.78, 5) is 16.1. The van der Waals surface area contributed by atoms with Gasteiger partial charge in [0.2, 0.25) is 0 Å². The van der Waals surface area contributed by atoms with Crippen molar-refractivity contribution in [2.75, 3.05) is 26.2 Å². The molecule has 1 fully saturated rings. The van der Waals surface area contributed by atoms with Crippen LogP contribution in [0.2, 0.25) is 5.02 Å². The topological polar surface area (TPSA) is 51.1 Å². The fourth-order valence-corrected chi connectivity index (χ4v) is 5.11. The highest BCUT2D eigenvalue weighted by atomic mass is 35.5. The van der Waals surface area contributed by atoms with Gasteiger partial charge in [-0.3, -0.25) is 9.88 Å². The lowest BCUT2D eigenvalue weighted by molar-refractivity contribution is 0.238. The van der Waals surface area contributed by atoms with E-state index in [0.717, 1.165) is 53.0 Å². The van der Waals surface area contributed by atoms with E-state index in [1.54, 1.807) is 18.5 Å². The van der Waals surface area contributed by atoms with E-state index in [2.05, 4.69) is 25.9 Å². The third kappa shape index (κ3) is 5.23. The molecule has 0 saturated carbocycles. The largest absolute Gasteiger partial charge is 0.492 e. The lowest BCUT2D eigenvalue weighted by Gasteiger charge is -2.15. The maximum atomic E-state index is 14.7. The van der Waals surface area contributed by atoms with Crippen molar-refractivity contribution in [1.29, 1.82) is 0 Å². The van der Waals surface area contributed by atoms with Crippen molar-refractivity contribution < 1.29 is 9.13 Å². The standard InChI is InChI=1S/C31H26ClFN4O/c32-24-8-9-29(33)28(17-24)30-18-27(26-7-4-10-35-31(26)36-30)23-15-22(19-34-20-23)21-5-3-6-25(16-21)38-14-13-37-11-1-2-12-37/h3-10,15-20H,1-2,11-14H2. The molecule has 4 heterocycles. The van der Waals surface area contributed by atoms with Gasteiger partial charge in [0, 0.05) is 52.2 Å². The van der Waals surface area contributed by atoms with Gasteiger partial charge in [0.25, 0.3) is 0 Å². The van der Waals surface area contributed by atoms with Crippen LogP contribution in [0.1, 0.15) is 12.8 Å². The maximum Gasteiger partial charge on any atom is 0.160 e. The van der Waals surface area contributed by atoms with Crippen molar-refractivity contribution in [3.8, 4) is 39.3 Å². The van der Waals surface area contributed by atoms with Crippen LogP contribution in [0.4, 0.5) is 4.39 Å². The van der Waals surface area contributed by atoms with Gasteiger partial charge in [-0.1, -0.05) is 23.7 Å². The van der Waals surface area contributed by atoms with Crippen LogP contribution < -0.4 is 4.74 Å². The summed E-state index contributed by atoms with van der Waals surface area (Å²) in [6.07, 6.45) is 7.88. The van der Waals surface area contributed by atoms with Gasteiger partial charge in [0.1, 0.15) is 18.2 Å². The number of hydrogen-bond donors (Lipinski definition) is 0. The summed E-state index contributed by atoms with van der Waals surface area (Å²) in [6, 6.07) is 20.3. The molecule has 7 heteroatoms. The van der Waals surface area contributed by atoms with E-state index in [-0.39, 0.29) is 0 Å². The summed E-state index contributed by atoms with van der Waals surface area (Å²) < 4.78 is 20.8. The van der Waals surface area contributed by atoms with E-state index in [1.165, 1.54) is 25.0 Å². The van der Waals surface area contributed by atoms with Crippen molar-refractivity contribution in [2.24, 2.45) is 0 Å². The van der Waals surface area contributed by atoms with E-state index in [4.69, 9.17) is 16.3 Å². The Morgan fingerprint density at radius 2 is 1.74 bits per heavy atom. The second-order valence-corrected chi connectivity index (χ2v) is 9.88. The van der Waals surface area contributed by atoms with Crippen LogP contribution in [-0.4, -0.2) is 46.1 Å². The Morgan fingerprint density at radius 1 is 0.868 bits per heavy atom. The highest BCUT2D eigenvalue weighted by Crippen LogP contribution is 2.35. The third-order valence-corrected chi connectivity index (χ3v) is 7.12. The van der Waals surface area contributed by atoms with Crippen LogP contribution in [0.15, 0.2) is 85.3 Å². The zero-order valence-electron chi connectivity index (χ0n) is 20.8. The predicted molar refractivity (Wildman–Crippen MR) is 150 cm³/mol. The van der Waals surface area contributed by atoms with E-state index in [0.29, 0.717) is 28.5 Å². The molecule has 1 aliphatic heterocycles. The average Bonchev–Trinajstić information content (AvgIpc) is 3.48. The molecule has 2 aromatic carbocycles. The number of aromatic nitrogens is 3. The molecule has 1 aliphatic rings. The summed E-state index contributed by atoms with van der Waals surface area (Å²) in [6.45, 7) is 3.93. The van der Waals surface area contributed by atoms with E-state index in [9.17, 15) is 4.39 Å². The lowest BCUT2D eigenvalue weighted by atomic mass is 9.98. The Labute approximate surface area is 225 Å². The second kappa shape index (κ2) is 10.9. The van der Waals surface area contributed by atoms with Gasteiger partial charge in [-0.15, -0.1) is 0 Å². The Morgan fingerprint density at radius 3 is 2.63 bits per heavy atom. The summed E-state index contributed by atoms with van der Waals surface area (Å²) in [7, 11) is 0. The molecule has 1 saturated heterocycles. The van der Waals surface area contributed by atoms with Crippen molar-refractivity contribution in [1.82, 2.24) is 19.9 Å². The van der Waals surface area contributed by atoms with Crippen molar-refractivity contribution in [3.05, 3.63) is 96.2 Å². The first-order chi connectivity index (χ1) is 18.6. The Bertz CT molecular complexity index is 1600. The first kappa shape index (κ1) is 24.5. The highest BCUT2D eigenvalue weighted by Gasteiger charge is 2.15. The van der Waals surface area contributed by atoms with Gasteiger partial charge >= 0.3 is 0 Å². The van der Waals surface area contributed by atoms with Crippen LogP contribution in [0.25, 0.3) is 44.5 Å². The molecule has 0 radical (unpaired) electrons. The molecule has 0 bridgehead atoms. The normalized spacial score (nSPS) is 13.7. The number of halogens is 2. The van der Waals surface area contributed by atoms with Gasteiger partial charge in [-0.05, 0) is 91.7 Å². The zero-order chi connectivity index (χ0) is 25.9. The average molecular weight is 525 g/mol. The van der Waals surface area contributed by atoms with Crippen molar-refractivity contribution >= 4 is 22.6 Å². The monoisotopic (exact) mass is 524 g/mol. The van der Waals surface area contributed by atoms with E-state index >= 15 is 0 Å². The number of ether oxygens (including phenoxy) is 1. The minimum Gasteiger partial charge on any atom is -0.492 e. The van der Waals surface area contributed by atoms with Crippen LogP contribution in [0, 0.1) is 5.82 Å². The molecular formula is C31H26ClFN4O. The molecular weight excluding hydrogens is 499 g/mol. The minimum atomic E-state index is -0.392. The van der Waals surface area contributed by atoms with Crippen LogP contribution in [-0.2, 0) is 0 Å². The number of benzene rings is 2. The number of pyridine rings is 3. The highest BCUT2D eigenvalue weighted by molar-refractivity contribution is 6.30. The minimum absolute atomic E-state index is 0.328. The van der Waals surface area contributed by atoms with Gasteiger partial charge < -0.3 is 4.74 Å². The first-order valence-electron chi connectivity index (χ1n) is 12.8. The van der Waals surface area contributed by atoms with Gasteiger partial charge in [0.15, 0.2) is 5.65 Å². The first-order valence-corrected chi connectivity index (χ1v) is 13.1. The number of hydrogen-bond acceptors (Lipinski definition) is 5. The van der Waals surface area contributed by atoms with Crippen LogP contribution in [0.3, 0.4) is 0 Å². The Kier molecular flexibility index (Phi) is 6.99. The molecule has 0 spiro atoms. The molecule has 3 aromatic heterocycles. The smallest absolute Gasteiger partial charge is 0.160 e. The van der Waals surface area contributed by atoms with Crippen LogP contribution in [0.5, 0.6) is 5.75 Å². The number of nitrogens with zero attached hydrogens (tertiary/aromatic N) is 4. The number of likely N-dealkylation sites (tertiary alicyclic amines) is 1. The molecule has 5 nitrogen and oxygen atoms in total. The molecule has 0 amide bonds. The molecule has 5 aromatic rings. The van der Waals surface area contributed by atoms with Gasteiger partial charge in [-0.25, -0.2) is 14.4 Å². The van der Waals surface area contributed by atoms with Crippen molar-refractivity contribution in [3.63, 3.8) is 0 Å². The molecule has 0 N–H and O–H groups in total. The summed E-state index contributed by atoms with van der Waals surface area (Å²) in [5.74, 6) is 0.445. The molecule has 0 atom stereocenters. The predicted octanol–water partition coefficient (Wildman–Crippen LogP) is 7.29. The van der Waals surface area contributed by atoms with Gasteiger partial charge in [0.05, 0.1) is 5.69 Å². The summed E-state index contributed by atoms with van der Waals surface area (Å²) in [5.41, 5.74) is 5.03. The quantitative estimate of drug-likeness (QED) is 0.224. The summed E-state index contributed by atoms with van der Waals surface area (Å²) in [5, 5.41) is 1.30. The number of rotatable bonds is 7. The molecule has 38 heavy (non-hydrogen) atoms. The fraction of sp³-hybridized carbons (Fsp3) is 0.194. The SMILES string of the molecule is Fc1ccc(Cl)cc1-c1cc(-c2cncc(-c3cccc(OCCN4CCCC4)c3)c2)c2cccnc2n1. The van der Waals surface area contributed by atoms with Gasteiger partial charge in [-0.2, -0.15) is 0 Å². The fourth-order valence-electron chi connectivity index (χ4n) is 4.94. The third-order valence-electron chi connectivity index (χ3n) is 6.88. The van der Waals surface area contributed by atoms with Crippen LogP contribution >= 0.6 is 11.6 Å². The van der Waals surface area contributed by atoms with E-state index < -0.39 is 5.82 Å². The molecule has 6 rings (SSSR count). The molecule has 0 aliphatic carbocycles. The Hall–Kier alpha value is -3.87. The van der Waals surface area contributed by atoms with Crippen molar-refractivity contribution in [2.45, 2.75) is 12.8 Å². The molecule has 0 unspecified atom stereocenters. The molecule has 190 valence electrons. The number of fused-ring (bicyclic) bond motifs is 1. The lowest BCUT2D eigenvalue weighted by Crippen LogP contribution is -2.25. The Balaban J connectivity index is 1.35. The second-order valence-electron chi connectivity index (χ2n) is 9.44.